The van der Waals surface area contributed by atoms with E-state index in [2.05, 4.69) is 5.32 Å². The second-order valence-electron chi connectivity index (χ2n) is 4.52. The Bertz CT molecular complexity index is 393. The van der Waals surface area contributed by atoms with Crippen molar-refractivity contribution in [1.82, 2.24) is 5.32 Å². The van der Waals surface area contributed by atoms with E-state index in [0.717, 1.165) is 23.4 Å². The number of hydrogen-bond donors (Lipinski definition) is 1. The van der Waals surface area contributed by atoms with Gasteiger partial charge >= 0.3 is 0 Å². The van der Waals surface area contributed by atoms with Crippen LogP contribution in [0.25, 0.3) is 0 Å². The predicted octanol–water partition coefficient (Wildman–Crippen LogP) is 2.73. The van der Waals surface area contributed by atoms with Crippen LogP contribution in [0.4, 0.5) is 0 Å². The smallest absolute Gasteiger partial charge is 0.0504 e. The Balaban J connectivity index is 1.99. The van der Waals surface area contributed by atoms with Gasteiger partial charge in [0.1, 0.15) is 0 Å². The average molecular weight is 272 g/mol. The fourth-order valence-electron chi connectivity index (χ4n) is 2.42. The van der Waals surface area contributed by atoms with E-state index in [0.29, 0.717) is 17.0 Å². The Labute approximate surface area is 110 Å². The largest absolute Gasteiger partial charge is 0.316 e. The quantitative estimate of drug-likeness (QED) is 0.912. The SMILES string of the molecule is CNC1CCCC1S(=O)Cc1ccc(Cl)cc1. The summed E-state index contributed by atoms with van der Waals surface area (Å²) in [6, 6.07) is 8.06. The molecule has 0 radical (unpaired) electrons. The van der Waals surface area contributed by atoms with Crippen molar-refractivity contribution in [3.05, 3.63) is 34.9 Å². The number of nitrogens with one attached hydrogen (secondary N) is 1. The summed E-state index contributed by atoms with van der Waals surface area (Å²) in [5, 5.41) is 4.31. The van der Waals surface area contributed by atoms with Gasteiger partial charge in [-0.05, 0) is 37.6 Å². The monoisotopic (exact) mass is 271 g/mol. The second-order valence-corrected chi connectivity index (χ2v) is 6.61. The van der Waals surface area contributed by atoms with E-state index in [-0.39, 0.29) is 0 Å². The van der Waals surface area contributed by atoms with Gasteiger partial charge in [-0.15, -0.1) is 0 Å². The summed E-state index contributed by atoms with van der Waals surface area (Å²) < 4.78 is 12.3. The molecule has 94 valence electrons. The standard InChI is InChI=1S/C13H18ClNOS/c1-15-12-3-2-4-13(12)17(16)9-10-5-7-11(14)8-6-10/h5-8,12-13,15H,2-4,9H2,1H3. The van der Waals surface area contributed by atoms with Crippen molar-refractivity contribution in [2.75, 3.05) is 7.05 Å². The molecule has 1 aliphatic rings. The lowest BCUT2D eigenvalue weighted by molar-refractivity contribution is 0.576. The lowest BCUT2D eigenvalue weighted by Crippen LogP contribution is -2.36. The van der Waals surface area contributed by atoms with Crippen molar-refractivity contribution >= 4 is 22.4 Å². The first-order valence-corrected chi connectivity index (χ1v) is 7.75. The number of rotatable bonds is 4. The average Bonchev–Trinajstić information content (AvgIpc) is 2.80. The lowest BCUT2D eigenvalue weighted by atomic mass is 10.2. The summed E-state index contributed by atoms with van der Waals surface area (Å²) in [6.45, 7) is 0. The van der Waals surface area contributed by atoms with Crippen LogP contribution in [0.5, 0.6) is 0 Å². The van der Waals surface area contributed by atoms with Crippen LogP contribution >= 0.6 is 11.6 Å². The number of hydrogen-bond acceptors (Lipinski definition) is 2. The van der Waals surface area contributed by atoms with Gasteiger partial charge < -0.3 is 5.32 Å². The zero-order chi connectivity index (χ0) is 12.3. The molecule has 3 atom stereocenters. The Morgan fingerprint density at radius 1 is 1.35 bits per heavy atom. The van der Waals surface area contributed by atoms with Crippen molar-refractivity contribution in [2.24, 2.45) is 0 Å². The van der Waals surface area contributed by atoms with E-state index in [9.17, 15) is 4.21 Å². The first kappa shape index (κ1) is 13.1. The van der Waals surface area contributed by atoms with Crippen molar-refractivity contribution in [3.63, 3.8) is 0 Å². The number of benzene rings is 1. The Hall–Kier alpha value is -0.380. The molecule has 1 aromatic carbocycles. The van der Waals surface area contributed by atoms with Crippen LogP contribution in [0.3, 0.4) is 0 Å². The third kappa shape index (κ3) is 3.30. The minimum atomic E-state index is -0.788. The zero-order valence-electron chi connectivity index (χ0n) is 9.99. The zero-order valence-corrected chi connectivity index (χ0v) is 11.6. The molecule has 4 heteroatoms. The Kier molecular flexibility index (Phi) is 4.60. The summed E-state index contributed by atoms with van der Waals surface area (Å²) in [5.74, 6) is 0.639. The lowest BCUT2D eigenvalue weighted by Gasteiger charge is -2.18. The van der Waals surface area contributed by atoms with Crippen LogP contribution < -0.4 is 5.32 Å². The molecule has 1 saturated carbocycles. The van der Waals surface area contributed by atoms with Crippen molar-refractivity contribution in [1.29, 1.82) is 0 Å². The highest BCUT2D eigenvalue weighted by Gasteiger charge is 2.30. The van der Waals surface area contributed by atoms with Gasteiger partial charge in [-0.1, -0.05) is 30.2 Å². The summed E-state index contributed by atoms with van der Waals surface area (Å²) in [4.78, 5) is 0. The second kappa shape index (κ2) is 5.98. The molecule has 1 fully saturated rings. The molecule has 0 aliphatic heterocycles. The molecule has 17 heavy (non-hydrogen) atoms. The molecule has 2 rings (SSSR count). The highest BCUT2D eigenvalue weighted by molar-refractivity contribution is 7.84. The van der Waals surface area contributed by atoms with E-state index < -0.39 is 10.8 Å². The maximum Gasteiger partial charge on any atom is 0.0504 e. The molecular weight excluding hydrogens is 254 g/mol. The minimum absolute atomic E-state index is 0.302. The van der Waals surface area contributed by atoms with Crippen molar-refractivity contribution < 1.29 is 4.21 Å². The van der Waals surface area contributed by atoms with Crippen molar-refractivity contribution in [2.45, 2.75) is 36.3 Å². The van der Waals surface area contributed by atoms with Crippen molar-refractivity contribution in [3.8, 4) is 0 Å². The fraction of sp³-hybridized carbons (Fsp3) is 0.538. The van der Waals surface area contributed by atoms with Crippen LogP contribution in [-0.2, 0) is 16.6 Å². The van der Waals surface area contributed by atoms with Gasteiger partial charge in [-0.25, -0.2) is 0 Å². The molecule has 0 saturated heterocycles. The molecule has 1 N–H and O–H groups in total. The topological polar surface area (TPSA) is 29.1 Å². The highest BCUT2D eigenvalue weighted by atomic mass is 35.5. The van der Waals surface area contributed by atoms with Gasteiger partial charge in [-0.2, -0.15) is 0 Å². The normalized spacial score (nSPS) is 26.0. The minimum Gasteiger partial charge on any atom is -0.316 e. The van der Waals surface area contributed by atoms with Crippen LogP contribution in [0.1, 0.15) is 24.8 Å². The molecule has 2 nitrogen and oxygen atoms in total. The fourth-order valence-corrected chi connectivity index (χ4v) is 4.35. The molecule has 1 aliphatic carbocycles. The van der Waals surface area contributed by atoms with E-state index in [4.69, 9.17) is 11.6 Å². The van der Waals surface area contributed by atoms with Crippen LogP contribution in [0.2, 0.25) is 5.02 Å². The molecule has 3 unspecified atom stereocenters. The number of halogens is 1. The summed E-state index contributed by atoms with van der Waals surface area (Å²) >= 11 is 5.84. The van der Waals surface area contributed by atoms with E-state index in [1.54, 1.807) is 0 Å². The van der Waals surface area contributed by atoms with E-state index in [1.165, 1.54) is 6.42 Å². The predicted molar refractivity (Wildman–Crippen MR) is 73.8 cm³/mol. The Morgan fingerprint density at radius 2 is 2.06 bits per heavy atom. The van der Waals surface area contributed by atoms with Gasteiger partial charge in [0.2, 0.25) is 0 Å². The summed E-state index contributed by atoms with van der Waals surface area (Å²) in [5.41, 5.74) is 1.11. The summed E-state index contributed by atoms with van der Waals surface area (Å²) in [7, 11) is 1.17. The molecular formula is C13H18ClNOS. The maximum atomic E-state index is 12.3. The Morgan fingerprint density at radius 3 is 2.71 bits per heavy atom. The van der Waals surface area contributed by atoms with E-state index >= 15 is 0 Å². The molecule has 0 amide bonds. The van der Waals surface area contributed by atoms with Crippen LogP contribution in [-0.4, -0.2) is 22.5 Å². The molecule has 0 heterocycles. The van der Waals surface area contributed by atoms with Gasteiger partial charge in [0, 0.05) is 27.6 Å². The molecule has 0 spiro atoms. The molecule has 0 bridgehead atoms. The third-order valence-corrected chi connectivity index (χ3v) is 5.49. The third-order valence-electron chi connectivity index (χ3n) is 3.38. The highest BCUT2D eigenvalue weighted by Crippen LogP contribution is 2.25. The van der Waals surface area contributed by atoms with Gasteiger partial charge in [0.25, 0.3) is 0 Å². The van der Waals surface area contributed by atoms with Crippen LogP contribution in [0, 0.1) is 0 Å². The summed E-state index contributed by atoms with van der Waals surface area (Å²) in [6.07, 6.45) is 3.40. The van der Waals surface area contributed by atoms with E-state index in [1.807, 2.05) is 31.3 Å². The van der Waals surface area contributed by atoms with Gasteiger partial charge in [0.15, 0.2) is 0 Å². The maximum absolute atomic E-state index is 12.3. The first-order chi connectivity index (χ1) is 8.20. The van der Waals surface area contributed by atoms with Crippen LogP contribution in [0.15, 0.2) is 24.3 Å². The van der Waals surface area contributed by atoms with Gasteiger partial charge in [-0.3, -0.25) is 4.21 Å². The molecule has 0 aromatic heterocycles. The first-order valence-electron chi connectivity index (χ1n) is 5.99. The molecule has 1 aromatic rings. The van der Waals surface area contributed by atoms with Gasteiger partial charge in [0.05, 0.1) is 5.25 Å².